The van der Waals surface area contributed by atoms with Crippen LogP contribution in [0, 0.1) is 5.41 Å². The Kier molecular flexibility index (Phi) is 5.62. The molecule has 1 aliphatic heterocycles. The first-order valence-electron chi connectivity index (χ1n) is 8.15. The Bertz CT molecular complexity index is 599. The molecule has 2 rings (SSSR count). The first-order valence-corrected chi connectivity index (χ1v) is 8.15. The van der Waals surface area contributed by atoms with Crippen molar-refractivity contribution in [1.82, 2.24) is 9.80 Å². The van der Waals surface area contributed by atoms with E-state index in [-0.39, 0.29) is 5.41 Å². The Morgan fingerprint density at radius 3 is 2.78 bits per heavy atom. The van der Waals surface area contributed by atoms with Crippen LogP contribution in [0.15, 0.2) is 85.3 Å². The first-order chi connectivity index (χ1) is 10.9. The zero-order valence-electron chi connectivity index (χ0n) is 14.5. The zero-order chi connectivity index (χ0) is 16.9. The van der Waals surface area contributed by atoms with E-state index in [2.05, 4.69) is 73.8 Å². The van der Waals surface area contributed by atoms with Crippen molar-refractivity contribution in [2.24, 2.45) is 5.41 Å². The predicted molar refractivity (Wildman–Crippen MR) is 101 cm³/mol. The van der Waals surface area contributed by atoms with Gasteiger partial charge in [0.25, 0.3) is 0 Å². The van der Waals surface area contributed by atoms with Gasteiger partial charge in [-0.2, -0.15) is 0 Å². The van der Waals surface area contributed by atoms with E-state index in [1.807, 2.05) is 18.2 Å². The van der Waals surface area contributed by atoms with Gasteiger partial charge in [0.05, 0.1) is 6.67 Å². The van der Waals surface area contributed by atoms with Crippen molar-refractivity contribution in [3.8, 4) is 0 Å². The number of hydrogen-bond donors (Lipinski definition) is 0. The maximum absolute atomic E-state index is 4.26. The van der Waals surface area contributed by atoms with Crippen LogP contribution in [0.3, 0.4) is 0 Å². The van der Waals surface area contributed by atoms with Crippen LogP contribution >= 0.6 is 0 Å². The number of nitrogens with zero attached hydrogens (tertiary/aromatic N) is 2. The summed E-state index contributed by atoms with van der Waals surface area (Å²) in [5.74, 6) is 0. The molecule has 0 aromatic carbocycles. The van der Waals surface area contributed by atoms with Gasteiger partial charge in [-0.05, 0) is 24.1 Å². The molecule has 2 aliphatic rings. The summed E-state index contributed by atoms with van der Waals surface area (Å²) in [6, 6.07) is 0. The Hall–Kier alpha value is -2.06. The monoisotopic (exact) mass is 308 g/mol. The maximum Gasteiger partial charge on any atom is 0.0756 e. The van der Waals surface area contributed by atoms with Crippen molar-refractivity contribution in [2.75, 3.05) is 19.8 Å². The van der Waals surface area contributed by atoms with Crippen molar-refractivity contribution in [2.45, 2.75) is 20.3 Å². The summed E-state index contributed by atoms with van der Waals surface area (Å²) < 4.78 is 0. The van der Waals surface area contributed by atoms with E-state index in [0.29, 0.717) is 0 Å². The summed E-state index contributed by atoms with van der Waals surface area (Å²) in [5.41, 5.74) is 3.67. The fraction of sp³-hybridized carbons (Fsp3) is 0.333. The average molecular weight is 308 g/mol. The van der Waals surface area contributed by atoms with Crippen LogP contribution in [-0.4, -0.2) is 29.6 Å². The van der Waals surface area contributed by atoms with Gasteiger partial charge in [0.15, 0.2) is 0 Å². The van der Waals surface area contributed by atoms with Crippen molar-refractivity contribution in [3.63, 3.8) is 0 Å². The highest BCUT2D eigenvalue weighted by atomic mass is 15.3. The number of rotatable bonds is 5. The highest BCUT2D eigenvalue weighted by molar-refractivity contribution is 5.33. The fourth-order valence-corrected chi connectivity index (χ4v) is 2.77. The van der Waals surface area contributed by atoms with Crippen LogP contribution in [0.1, 0.15) is 20.3 Å². The van der Waals surface area contributed by atoms with Gasteiger partial charge in [-0.15, -0.1) is 0 Å². The largest absolute Gasteiger partial charge is 0.332 e. The smallest absolute Gasteiger partial charge is 0.0756 e. The Labute approximate surface area is 141 Å². The van der Waals surface area contributed by atoms with Gasteiger partial charge < -0.3 is 4.90 Å². The van der Waals surface area contributed by atoms with Gasteiger partial charge in [0, 0.05) is 29.9 Å². The SMILES string of the molecule is C=C/C=C(\C=C)CN1CCC(=C)N(C2=CC=CC(C)(C)C=C2)C1. The fourth-order valence-electron chi connectivity index (χ4n) is 2.77. The van der Waals surface area contributed by atoms with E-state index in [4.69, 9.17) is 0 Å². The highest BCUT2D eigenvalue weighted by Gasteiger charge is 2.22. The van der Waals surface area contributed by atoms with Crippen LogP contribution in [-0.2, 0) is 0 Å². The minimum atomic E-state index is 0.0950. The molecule has 2 heteroatoms. The third kappa shape index (κ3) is 4.70. The second kappa shape index (κ2) is 7.47. The van der Waals surface area contributed by atoms with E-state index < -0.39 is 0 Å². The topological polar surface area (TPSA) is 6.48 Å². The summed E-state index contributed by atoms with van der Waals surface area (Å²) in [5, 5.41) is 0. The van der Waals surface area contributed by atoms with Gasteiger partial charge in [-0.25, -0.2) is 0 Å². The molecule has 1 fully saturated rings. The van der Waals surface area contributed by atoms with E-state index in [9.17, 15) is 0 Å². The van der Waals surface area contributed by atoms with Crippen LogP contribution in [0.25, 0.3) is 0 Å². The summed E-state index contributed by atoms with van der Waals surface area (Å²) >= 11 is 0. The van der Waals surface area contributed by atoms with Crippen LogP contribution in [0.5, 0.6) is 0 Å². The Morgan fingerprint density at radius 2 is 2.09 bits per heavy atom. The summed E-state index contributed by atoms with van der Waals surface area (Å²) in [7, 11) is 0. The molecule has 0 radical (unpaired) electrons. The first kappa shape index (κ1) is 17.3. The second-order valence-corrected chi connectivity index (χ2v) is 6.72. The molecule has 0 aromatic heterocycles. The van der Waals surface area contributed by atoms with Gasteiger partial charge in [-0.1, -0.05) is 70.0 Å². The molecule has 0 amide bonds. The molecular formula is C21H28N2. The molecule has 1 aliphatic carbocycles. The van der Waals surface area contributed by atoms with E-state index in [0.717, 1.165) is 26.2 Å². The molecular weight excluding hydrogens is 280 g/mol. The van der Waals surface area contributed by atoms with E-state index in [1.165, 1.54) is 17.0 Å². The molecule has 2 nitrogen and oxygen atoms in total. The number of hydrogen-bond acceptors (Lipinski definition) is 2. The van der Waals surface area contributed by atoms with Crippen molar-refractivity contribution in [3.05, 3.63) is 85.3 Å². The molecule has 0 N–H and O–H groups in total. The minimum absolute atomic E-state index is 0.0950. The predicted octanol–water partition coefficient (Wildman–Crippen LogP) is 4.80. The van der Waals surface area contributed by atoms with Crippen LogP contribution in [0.4, 0.5) is 0 Å². The van der Waals surface area contributed by atoms with Gasteiger partial charge in [0.2, 0.25) is 0 Å². The Balaban J connectivity index is 2.13. The molecule has 0 atom stereocenters. The minimum Gasteiger partial charge on any atom is -0.332 e. The zero-order valence-corrected chi connectivity index (χ0v) is 14.5. The third-order valence-corrected chi connectivity index (χ3v) is 4.23. The van der Waals surface area contributed by atoms with Crippen molar-refractivity contribution in [1.29, 1.82) is 0 Å². The Morgan fingerprint density at radius 1 is 1.30 bits per heavy atom. The van der Waals surface area contributed by atoms with Crippen LogP contribution in [0.2, 0.25) is 0 Å². The lowest BCUT2D eigenvalue weighted by atomic mass is 9.93. The molecule has 122 valence electrons. The highest BCUT2D eigenvalue weighted by Crippen LogP contribution is 2.27. The molecule has 0 saturated carbocycles. The van der Waals surface area contributed by atoms with E-state index in [1.54, 1.807) is 0 Å². The molecule has 0 aromatic rings. The van der Waals surface area contributed by atoms with Crippen molar-refractivity contribution >= 4 is 0 Å². The molecule has 0 unspecified atom stereocenters. The average Bonchev–Trinajstić information content (AvgIpc) is 2.69. The molecule has 23 heavy (non-hydrogen) atoms. The normalized spacial score (nSPS) is 21.8. The summed E-state index contributed by atoms with van der Waals surface area (Å²) in [6.07, 6.45) is 17.7. The van der Waals surface area contributed by atoms with Crippen LogP contribution < -0.4 is 0 Å². The molecule has 1 saturated heterocycles. The van der Waals surface area contributed by atoms with Gasteiger partial charge in [0.1, 0.15) is 0 Å². The number of allylic oxidation sites excluding steroid dienone is 7. The third-order valence-electron chi connectivity index (χ3n) is 4.23. The lowest BCUT2D eigenvalue weighted by Crippen LogP contribution is -2.43. The summed E-state index contributed by atoms with van der Waals surface area (Å²) in [4.78, 5) is 4.72. The standard InChI is InChI=1S/C21H28N2/c1-6-9-19(7-2)16-22-15-12-18(3)23(17-22)20-10-8-13-21(4,5)14-11-20/h6-11,13-14H,1-3,12,15-17H2,4-5H3/b19-9+. The van der Waals surface area contributed by atoms with E-state index >= 15 is 0 Å². The van der Waals surface area contributed by atoms with Crippen molar-refractivity contribution < 1.29 is 0 Å². The second-order valence-electron chi connectivity index (χ2n) is 6.72. The molecule has 0 spiro atoms. The van der Waals surface area contributed by atoms with Gasteiger partial charge >= 0.3 is 0 Å². The maximum atomic E-state index is 4.26. The summed E-state index contributed by atoms with van der Waals surface area (Å²) in [6.45, 7) is 19.1. The molecule has 1 heterocycles. The quantitative estimate of drug-likeness (QED) is 0.673. The lowest BCUT2D eigenvalue weighted by Gasteiger charge is -2.39. The molecule has 0 bridgehead atoms. The lowest BCUT2D eigenvalue weighted by molar-refractivity contribution is 0.163. The van der Waals surface area contributed by atoms with Gasteiger partial charge in [-0.3, -0.25) is 4.90 Å².